The first-order chi connectivity index (χ1) is 21.5. The van der Waals surface area contributed by atoms with Gasteiger partial charge in [-0.3, -0.25) is 4.90 Å². The lowest BCUT2D eigenvalue weighted by Crippen LogP contribution is -2.43. The van der Waals surface area contributed by atoms with E-state index in [1.165, 1.54) is 6.07 Å². The summed E-state index contributed by atoms with van der Waals surface area (Å²) in [5.41, 5.74) is -0.118. The molecular weight excluding hydrogens is 569 g/mol. The maximum atomic E-state index is 16.9. The van der Waals surface area contributed by atoms with Crippen molar-refractivity contribution in [1.82, 2.24) is 25.2 Å². The van der Waals surface area contributed by atoms with Crippen molar-refractivity contribution in [3.8, 4) is 35.5 Å². The molecule has 0 radical (unpaired) electrons. The SMILES string of the molecule is C#Cc1c(F)ccc2cccc(-c3nc4c5c(nc(OC[C@@]67CCCN6C[C@H](F)C7)nc5c3F)N([C@@H]3CCNC3)CCO4)c12. The molecule has 44 heavy (non-hydrogen) atoms. The second-order valence-corrected chi connectivity index (χ2v) is 12.2. The molecular formula is C33H31F3N6O2. The number of pyridine rings is 1. The number of alkyl halides is 1. The van der Waals surface area contributed by atoms with Crippen molar-refractivity contribution in [2.75, 3.05) is 50.8 Å². The van der Waals surface area contributed by atoms with Crippen LogP contribution in [0.2, 0.25) is 0 Å². The lowest BCUT2D eigenvalue weighted by Gasteiger charge is -2.31. The van der Waals surface area contributed by atoms with Gasteiger partial charge >= 0.3 is 6.01 Å². The van der Waals surface area contributed by atoms with Gasteiger partial charge in [0.05, 0.1) is 17.6 Å². The lowest BCUT2D eigenvalue weighted by molar-refractivity contribution is 0.107. The molecule has 3 fully saturated rings. The Labute approximate surface area is 252 Å². The fourth-order valence-electron chi connectivity index (χ4n) is 7.61. The van der Waals surface area contributed by atoms with Gasteiger partial charge in [-0.15, -0.1) is 6.42 Å². The Morgan fingerprint density at radius 2 is 2.05 bits per heavy atom. The molecule has 4 aliphatic rings. The highest BCUT2D eigenvalue weighted by molar-refractivity contribution is 6.03. The molecule has 8 nitrogen and oxygen atoms in total. The van der Waals surface area contributed by atoms with Crippen LogP contribution in [0.25, 0.3) is 32.9 Å². The van der Waals surface area contributed by atoms with E-state index >= 15 is 4.39 Å². The minimum atomic E-state index is -0.907. The van der Waals surface area contributed by atoms with Gasteiger partial charge in [-0.25, -0.2) is 18.2 Å². The first kappa shape index (κ1) is 27.4. The van der Waals surface area contributed by atoms with Crippen molar-refractivity contribution in [3.05, 3.63) is 47.5 Å². The van der Waals surface area contributed by atoms with Crippen molar-refractivity contribution in [1.29, 1.82) is 0 Å². The highest BCUT2D eigenvalue weighted by Crippen LogP contribution is 2.43. The Hall–Kier alpha value is -4.14. The van der Waals surface area contributed by atoms with E-state index in [0.717, 1.165) is 38.9 Å². The third-order valence-electron chi connectivity index (χ3n) is 9.66. The van der Waals surface area contributed by atoms with Gasteiger partial charge in [0.2, 0.25) is 5.88 Å². The van der Waals surface area contributed by atoms with Crippen LogP contribution in [0.4, 0.5) is 19.0 Å². The molecule has 0 aliphatic carbocycles. The van der Waals surface area contributed by atoms with Crippen molar-refractivity contribution in [2.45, 2.75) is 43.4 Å². The number of benzene rings is 2. The van der Waals surface area contributed by atoms with Gasteiger partial charge in [-0.1, -0.05) is 30.2 Å². The molecule has 4 aliphatic heterocycles. The molecule has 2 aromatic carbocycles. The number of aromatic nitrogens is 3. The zero-order valence-corrected chi connectivity index (χ0v) is 24.1. The van der Waals surface area contributed by atoms with E-state index in [4.69, 9.17) is 20.9 Å². The van der Waals surface area contributed by atoms with Crippen LogP contribution in [0.15, 0.2) is 30.3 Å². The Morgan fingerprint density at radius 3 is 2.89 bits per heavy atom. The number of hydrogen-bond acceptors (Lipinski definition) is 8. The third-order valence-corrected chi connectivity index (χ3v) is 9.66. The zero-order chi connectivity index (χ0) is 30.0. The minimum Gasteiger partial charge on any atom is -0.475 e. The number of rotatable bonds is 5. The van der Waals surface area contributed by atoms with Gasteiger partial charge in [-0.2, -0.15) is 9.97 Å². The summed E-state index contributed by atoms with van der Waals surface area (Å²) in [5.74, 6) is 1.83. The largest absolute Gasteiger partial charge is 0.475 e. The monoisotopic (exact) mass is 600 g/mol. The summed E-state index contributed by atoms with van der Waals surface area (Å²) in [7, 11) is 0. The predicted octanol–water partition coefficient (Wildman–Crippen LogP) is 4.62. The van der Waals surface area contributed by atoms with Crippen LogP contribution in [0.3, 0.4) is 0 Å². The second-order valence-electron chi connectivity index (χ2n) is 12.2. The fourth-order valence-corrected chi connectivity index (χ4v) is 7.61. The summed E-state index contributed by atoms with van der Waals surface area (Å²) < 4.78 is 58.6. The number of fused-ring (bicyclic) bond motifs is 2. The van der Waals surface area contributed by atoms with Crippen LogP contribution >= 0.6 is 0 Å². The third kappa shape index (κ3) is 4.26. The van der Waals surface area contributed by atoms with Gasteiger partial charge in [0, 0.05) is 36.5 Å². The topological polar surface area (TPSA) is 75.6 Å². The maximum absolute atomic E-state index is 16.9. The highest BCUT2D eigenvalue weighted by atomic mass is 19.1. The number of terminal acetylenes is 1. The van der Waals surface area contributed by atoms with E-state index in [1.807, 2.05) is 0 Å². The number of ether oxygens (including phenoxy) is 2. The zero-order valence-electron chi connectivity index (χ0n) is 24.1. The predicted molar refractivity (Wildman–Crippen MR) is 161 cm³/mol. The summed E-state index contributed by atoms with van der Waals surface area (Å²) in [6.07, 6.45) is 7.88. The molecule has 0 spiro atoms. The standard InChI is InChI=1S/C33H31F3N6O2/c1-2-22-24(35)8-7-19-5-3-6-23(25(19)22)28-27(36)29-26-30(42(21-9-11-37-16-21)13-14-43-31(26)38-28)40-32(39-29)44-18-33-10-4-12-41(33)17-20(34)15-33/h1,3,5-8,20-21,37H,4,9-18H2/t20-,21-,33+/m1/s1. The molecule has 4 aromatic rings. The van der Waals surface area contributed by atoms with Crippen molar-refractivity contribution in [3.63, 3.8) is 0 Å². The number of anilines is 1. The molecule has 0 saturated carbocycles. The number of hydrogen-bond donors (Lipinski definition) is 1. The maximum Gasteiger partial charge on any atom is 0.319 e. The van der Waals surface area contributed by atoms with E-state index in [-0.39, 0.29) is 41.3 Å². The highest BCUT2D eigenvalue weighted by Gasteiger charge is 2.49. The first-order valence-corrected chi connectivity index (χ1v) is 15.2. The quantitative estimate of drug-likeness (QED) is 0.333. The summed E-state index contributed by atoms with van der Waals surface area (Å²) in [4.78, 5) is 18.4. The van der Waals surface area contributed by atoms with Crippen molar-refractivity contribution in [2.24, 2.45) is 0 Å². The molecule has 2 aromatic heterocycles. The fraction of sp³-hybridized carbons (Fsp3) is 0.424. The smallest absolute Gasteiger partial charge is 0.319 e. The molecule has 1 N–H and O–H groups in total. The van der Waals surface area contributed by atoms with Gasteiger partial charge in [0.1, 0.15) is 47.6 Å². The van der Waals surface area contributed by atoms with E-state index < -0.39 is 23.3 Å². The van der Waals surface area contributed by atoms with Crippen molar-refractivity contribution >= 4 is 27.5 Å². The van der Waals surface area contributed by atoms with E-state index in [1.54, 1.807) is 24.3 Å². The van der Waals surface area contributed by atoms with Crippen LogP contribution in [-0.2, 0) is 0 Å². The molecule has 3 saturated heterocycles. The molecule has 11 heteroatoms. The van der Waals surface area contributed by atoms with E-state index in [9.17, 15) is 8.78 Å². The van der Waals surface area contributed by atoms with Crippen LogP contribution in [-0.4, -0.2) is 83.5 Å². The summed E-state index contributed by atoms with van der Waals surface area (Å²) in [5, 5.41) is 4.79. The molecule has 0 bridgehead atoms. The number of halogens is 3. The Kier molecular flexibility index (Phi) is 6.54. The Bertz CT molecular complexity index is 1840. The Morgan fingerprint density at radius 1 is 1.14 bits per heavy atom. The van der Waals surface area contributed by atoms with Gasteiger partial charge in [0.15, 0.2) is 5.82 Å². The van der Waals surface area contributed by atoms with E-state index in [0.29, 0.717) is 53.7 Å². The molecule has 226 valence electrons. The number of nitrogens with zero attached hydrogens (tertiary/aromatic N) is 5. The summed E-state index contributed by atoms with van der Waals surface area (Å²) in [6.45, 7) is 3.84. The average Bonchev–Trinajstić information content (AvgIpc) is 3.73. The molecule has 3 atom stereocenters. The van der Waals surface area contributed by atoms with Crippen LogP contribution in [0.1, 0.15) is 31.2 Å². The van der Waals surface area contributed by atoms with Gasteiger partial charge in [-0.05, 0) is 43.8 Å². The van der Waals surface area contributed by atoms with Crippen molar-refractivity contribution < 1.29 is 22.6 Å². The van der Waals surface area contributed by atoms with Crippen LogP contribution in [0, 0.1) is 24.0 Å². The van der Waals surface area contributed by atoms with Crippen LogP contribution in [0.5, 0.6) is 11.9 Å². The minimum absolute atomic E-state index is 0.00547. The normalized spacial score (nSPS) is 24.8. The number of nitrogens with one attached hydrogen (secondary N) is 1. The van der Waals surface area contributed by atoms with E-state index in [2.05, 4.69) is 31.0 Å². The Balaban J connectivity index is 1.31. The molecule has 0 amide bonds. The summed E-state index contributed by atoms with van der Waals surface area (Å²) in [6, 6.07) is 8.25. The molecule has 8 rings (SSSR count). The van der Waals surface area contributed by atoms with Crippen LogP contribution < -0.4 is 19.7 Å². The first-order valence-electron chi connectivity index (χ1n) is 15.2. The second kappa shape index (κ2) is 10.5. The molecule has 0 unspecified atom stereocenters. The average molecular weight is 601 g/mol. The summed E-state index contributed by atoms with van der Waals surface area (Å²) >= 11 is 0. The van der Waals surface area contributed by atoms with Gasteiger partial charge < -0.3 is 19.7 Å². The van der Waals surface area contributed by atoms with Gasteiger partial charge in [0.25, 0.3) is 0 Å². The molecule has 6 heterocycles. The lowest BCUT2D eigenvalue weighted by atomic mass is 9.95.